The SMILES string of the molecule is N#Cc1ccc(C(F)(F)F)nc1OCC1CCN(C(=O)O)CC1. The Morgan fingerprint density at radius 2 is 2.09 bits per heavy atom. The first-order chi connectivity index (χ1) is 10.8. The largest absolute Gasteiger partial charge is 0.476 e. The first-order valence-electron chi connectivity index (χ1n) is 6.90. The number of aromatic nitrogens is 1. The van der Waals surface area contributed by atoms with Crippen molar-refractivity contribution in [1.29, 1.82) is 5.26 Å². The smallest absolute Gasteiger partial charge is 0.433 e. The highest BCUT2D eigenvalue weighted by Crippen LogP contribution is 2.30. The molecule has 124 valence electrons. The second-order valence-electron chi connectivity index (χ2n) is 5.18. The molecule has 2 rings (SSSR count). The highest BCUT2D eigenvalue weighted by molar-refractivity contribution is 5.64. The van der Waals surface area contributed by atoms with E-state index in [1.165, 1.54) is 4.90 Å². The molecule has 2 heterocycles. The molecule has 9 heteroatoms. The predicted octanol–water partition coefficient (Wildman–Crippen LogP) is 2.74. The maximum atomic E-state index is 12.7. The summed E-state index contributed by atoms with van der Waals surface area (Å²) in [6.45, 7) is 0.797. The number of hydrogen-bond acceptors (Lipinski definition) is 4. The van der Waals surface area contributed by atoms with E-state index in [0.29, 0.717) is 25.9 Å². The van der Waals surface area contributed by atoms with E-state index in [1.54, 1.807) is 6.07 Å². The molecule has 1 saturated heterocycles. The molecule has 1 aliphatic heterocycles. The van der Waals surface area contributed by atoms with Gasteiger partial charge >= 0.3 is 12.3 Å². The molecule has 1 aliphatic rings. The summed E-state index contributed by atoms with van der Waals surface area (Å²) in [6, 6.07) is 3.50. The fourth-order valence-electron chi connectivity index (χ4n) is 2.28. The molecule has 23 heavy (non-hydrogen) atoms. The van der Waals surface area contributed by atoms with E-state index in [0.717, 1.165) is 12.1 Å². The number of hydrogen-bond donors (Lipinski definition) is 1. The number of rotatable bonds is 3. The zero-order valence-corrected chi connectivity index (χ0v) is 12.0. The maximum Gasteiger partial charge on any atom is 0.433 e. The zero-order chi connectivity index (χ0) is 17.0. The minimum Gasteiger partial charge on any atom is -0.476 e. The number of nitrogens with zero attached hydrogens (tertiary/aromatic N) is 3. The van der Waals surface area contributed by atoms with Gasteiger partial charge in [-0.3, -0.25) is 0 Å². The van der Waals surface area contributed by atoms with Gasteiger partial charge in [-0.25, -0.2) is 9.78 Å². The van der Waals surface area contributed by atoms with Crippen LogP contribution in [-0.4, -0.2) is 40.8 Å². The lowest BCUT2D eigenvalue weighted by molar-refractivity contribution is -0.141. The Balaban J connectivity index is 2.00. The van der Waals surface area contributed by atoms with Crippen LogP contribution in [0, 0.1) is 17.2 Å². The Bertz CT molecular complexity index is 620. The molecule has 0 aliphatic carbocycles. The molecule has 1 aromatic heterocycles. The average Bonchev–Trinajstić information content (AvgIpc) is 2.52. The van der Waals surface area contributed by atoms with Crippen molar-refractivity contribution in [3.63, 3.8) is 0 Å². The van der Waals surface area contributed by atoms with E-state index in [1.807, 2.05) is 0 Å². The number of alkyl halides is 3. The fourth-order valence-corrected chi connectivity index (χ4v) is 2.28. The lowest BCUT2D eigenvalue weighted by atomic mass is 9.98. The van der Waals surface area contributed by atoms with Crippen LogP contribution in [0.15, 0.2) is 12.1 Å². The summed E-state index contributed by atoms with van der Waals surface area (Å²) in [7, 11) is 0. The molecule has 0 spiro atoms. The first-order valence-corrected chi connectivity index (χ1v) is 6.90. The normalized spacial score (nSPS) is 16.0. The van der Waals surface area contributed by atoms with Gasteiger partial charge in [-0.1, -0.05) is 0 Å². The van der Waals surface area contributed by atoms with E-state index in [2.05, 4.69) is 4.98 Å². The van der Waals surface area contributed by atoms with Crippen molar-refractivity contribution in [2.24, 2.45) is 5.92 Å². The predicted molar refractivity (Wildman–Crippen MR) is 71.8 cm³/mol. The van der Waals surface area contributed by atoms with E-state index < -0.39 is 18.0 Å². The molecule has 0 saturated carbocycles. The van der Waals surface area contributed by atoms with E-state index in [4.69, 9.17) is 15.1 Å². The summed E-state index contributed by atoms with van der Waals surface area (Å²) in [4.78, 5) is 15.4. The second-order valence-corrected chi connectivity index (χ2v) is 5.18. The third kappa shape index (κ3) is 4.25. The minimum atomic E-state index is -4.61. The van der Waals surface area contributed by atoms with Crippen molar-refractivity contribution in [3.8, 4) is 11.9 Å². The van der Waals surface area contributed by atoms with Gasteiger partial charge in [0.25, 0.3) is 0 Å². The number of carbonyl (C=O) groups is 1. The summed E-state index contributed by atoms with van der Waals surface area (Å²) in [6.07, 6.45) is -4.50. The fraction of sp³-hybridized carbons (Fsp3) is 0.500. The van der Waals surface area contributed by atoms with Gasteiger partial charge in [-0.05, 0) is 30.9 Å². The van der Waals surface area contributed by atoms with Crippen molar-refractivity contribution in [2.45, 2.75) is 19.0 Å². The Morgan fingerprint density at radius 1 is 1.43 bits per heavy atom. The first kappa shape index (κ1) is 16.9. The molecule has 1 N–H and O–H groups in total. The Hall–Kier alpha value is -2.50. The van der Waals surface area contributed by atoms with Gasteiger partial charge in [0.1, 0.15) is 17.3 Å². The zero-order valence-electron chi connectivity index (χ0n) is 12.0. The van der Waals surface area contributed by atoms with Crippen LogP contribution in [0.2, 0.25) is 0 Å². The van der Waals surface area contributed by atoms with Crippen LogP contribution in [0.4, 0.5) is 18.0 Å². The highest BCUT2D eigenvalue weighted by Gasteiger charge is 2.33. The molecule has 0 radical (unpaired) electrons. The quantitative estimate of drug-likeness (QED) is 0.921. The third-order valence-electron chi connectivity index (χ3n) is 3.61. The van der Waals surface area contributed by atoms with Gasteiger partial charge in [-0.15, -0.1) is 0 Å². The van der Waals surface area contributed by atoms with Crippen LogP contribution in [0.5, 0.6) is 5.88 Å². The number of nitriles is 1. The van der Waals surface area contributed by atoms with Crippen molar-refractivity contribution in [2.75, 3.05) is 19.7 Å². The van der Waals surface area contributed by atoms with E-state index >= 15 is 0 Å². The van der Waals surface area contributed by atoms with Gasteiger partial charge < -0.3 is 14.7 Å². The summed E-state index contributed by atoms with van der Waals surface area (Å²) >= 11 is 0. The van der Waals surface area contributed by atoms with Gasteiger partial charge in [0.05, 0.1) is 6.61 Å². The number of amides is 1. The topological polar surface area (TPSA) is 86.5 Å². The average molecular weight is 329 g/mol. The van der Waals surface area contributed by atoms with Gasteiger partial charge in [0.2, 0.25) is 5.88 Å². The number of piperidine rings is 1. The van der Waals surface area contributed by atoms with Crippen LogP contribution in [0.25, 0.3) is 0 Å². The molecule has 0 bridgehead atoms. The standard InChI is InChI=1S/C14H14F3N3O3/c15-14(16,17)11-2-1-10(7-18)12(19-11)23-8-9-3-5-20(6-4-9)13(21)22/h1-2,9H,3-6,8H2,(H,21,22). The van der Waals surface area contributed by atoms with Crippen molar-refractivity contribution < 1.29 is 27.8 Å². The van der Waals surface area contributed by atoms with Crippen LogP contribution < -0.4 is 4.74 Å². The summed E-state index contributed by atoms with van der Waals surface area (Å²) in [5.74, 6) is -0.337. The second kappa shape index (κ2) is 6.73. The van der Waals surface area contributed by atoms with Crippen LogP contribution in [0.1, 0.15) is 24.1 Å². The molecule has 0 unspecified atom stereocenters. The molecular formula is C14H14F3N3O3. The van der Waals surface area contributed by atoms with Crippen LogP contribution >= 0.6 is 0 Å². The minimum absolute atomic E-state index is 0.00786. The third-order valence-corrected chi connectivity index (χ3v) is 3.61. The Labute approximate surface area is 130 Å². The summed E-state index contributed by atoms with van der Waals surface area (Å²) < 4.78 is 43.3. The van der Waals surface area contributed by atoms with Crippen LogP contribution in [0.3, 0.4) is 0 Å². The van der Waals surface area contributed by atoms with Crippen molar-refractivity contribution in [3.05, 3.63) is 23.4 Å². The molecule has 0 aromatic carbocycles. The maximum absolute atomic E-state index is 12.7. The van der Waals surface area contributed by atoms with Gasteiger partial charge in [0, 0.05) is 13.1 Å². The molecule has 0 atom stereocenters. The van der Waals surface area contributed by atoms with Crippen molar-refractivity contribution in [1.82, 2.24) is 9.88 Å². The highest BCUT2D eigenvalue weighted by atomic mass is 19.4. The molecule has 1 amide bonds. The molecule has 1 fully saturated rings. The van der Waals surface area contributed by atoms with Gasteiger partial charge in [-0.2, -0.15) is 18.4 Å². The Kier molecular flexibility index (Phi) is 4.93. The lowest BCUT2D eigenvalue weighted by Crippen LogP contribution is -2.38. The monoisotopic (exact) mass is 329 g/mol. The summed E-state index contributed by atoms with van der Waals surface area (Å²) in [5, 5.41) is 17.8. The van der Waals surface area contributed by atoms with E-state index in [9.17, 15) is 18.0 Å². The number of ether oxygens (including phenoxy) is 1. The Morgan fingerprint density at radius 3 is 2.61 bits per heavy atom. The number of pyridine rings is 1. The molecule has 1 aromatic rings. The number of carboxylic acid groups (broad SMARTS) is 1. The van der Waals surface area contributed by atoms with Crippen molar-refractivity contribution >= 4 is 6.09 Å². The van der Waals surface area contributed by atoms with Crippen LogP contribution in [-0.2, 0) is 6.18 Å². The number of likely N-dealkylation sites (tertiary alicyclic amines) is 1. The van der Waals surface area contributed by atoms with Gasteiger partial charge in [0.15, 0.2) is 0 Å². The molecular weight excluding hydrogens is 315 g/mol. The molecule has 6 nitrogen and oxygen atoms in total. The van der Waals surface area contributed by atoms with E-state index in [-0.39, 0.29) is 24.0 Å². The lowest BCUT2D eigenvalue weighted by Gasteiger charge is -2.29. The summed E-state index contributed by atoms with van der Waals surface area (Å²) in [5.41, 5.74) is -1.19. The number of halogens is 3.